The minimum absolute atomic E-state index is 0.0129. The molecule has 3 amide bonds. The van der Waals surface area contributed by atoms with E-state index in [1.54, 1.807) is 0 Å². The molecule has 382 valence electrons. The standard InChI is InChI=1S/C57H59IN9O6S/c1-33-38(39-20-22-49(60-52(39)56(71)72)66-25-24-35-8-5-10-40(43(35)32-66)54(69)62-57-59-45-12-3-4-15-48(45)74-57)9-7-14-47(33)73-37-18-16-34(17-19-37)30-36-31-44(36)58-67-28-26-65(27-29-67)46-13-6-11-41-51(63-64(2)53(41)46)42-21-23-50(68)61-55(42)70/h3-15,20,22,34,36-37,42,44H,16-19,21,23-32H2,1-2H3,(H,71,72)(H,59,62,69)(H,61,68,70)/q-1/t34?,36-,37?,42?,44?/m1/s1. The summed E-state index contributed by atoms with van der Waals surface area (Å²) in [5.74, 6) is 0.719. The Bertz CT molecular complexity index is 3310. The number of nitrogens with one attached hydrogen (secondary N) is 2. The molecule has 12 rings (SSSR count). The Morgan fingerprint density at radius 3 is 2.47 bits per heavy atom. The SMILES string of the molecule is Cc1c(OC2CCC(C[C@@H]3CC3[I-]N3CCN(c4cccc5c(C6CCC(=O)NC6=O)nn(C)c45)CC3)CC2)cccc1-c1ccc(N2CCc3cccc(C(=O)Nc4nc5ccccc5s4)c3C2)nc1C(=O)O. The summed E-state index contributed by atoms with van der Waals surface area (Å²) in [5, 5.41) is 22.4. The number of hydrogen-bond acceptors (Lipinski definition) is 12. The Morgan fingerprint density at radius 2 is 1.66 bits per heavy atom. The Balaban J connectivity index is 0.630. The van der Waals surface area contributed by atoms with Crippen molar-refractivity contribution in [3.8, 4) is 16.9 Å². The van der Waals surface area contributed by atoms with Crippen LogP contribution < -0.4 is 46.6 Å². The van der Waals surface area contributed by atoms with Gasteiger partial charge < -0.3 is 10.0 Å². The van der Waals surface area contributed by atoms with Gasteiger partial charge in [0.1, 0.15) is 5.82 Å². The number of benzene rings is 4. The van der Waals surface area contributed by atoms with Crippen LogP contribution in [0.2, 0.25) is 0 Å². The molecule has 6 heterocycles. The first-order chi connectivity index (χ1) is 36.0. The molecule has 2 saturated carbocycles. The van der Waals surface area contributed by atoms with Gasteiger partial charge in [0.2, 0.25) is 0 Å². The molecule has 3 aromatic heterocycles. The fourth-order valence-electron chi connectivity index (χ4n) is 11.8. The van der Waals surface area contributed by atoms with Crippen molar-refractivity contribution >= 4 is 72.8 Å². The third-order valence-electron chi connectivity index (χ3n) is 15.8. The number of aromatic carboxylic acids is 1. The first-order valence-corrected chi connectivity index (χ1v) is 29.0. The smallest absolute Gasteiger partial charge is 0.476 e. The van der Waals surface area contributed by atoms with Crippen LogP contribution in [-0.4, -0.2) is 94.4 Å². The predicted octanol–water partition coefficient (Wildman–Crippen LogP) is 6.13. The van der Waals surface area contributed by atoms with Crippen LogP contribution in [0, 0.1) is 18.8 Å². The van der Waals surface area contributed by atoms with E-state index in [-0.39, 0.29) is 51.0 Å². The summed E-state index contributed by atoms with van der Waals surface area (Å²) in [7, 11) is 1.96. The third-order valence-corrected chi connectivity index (χ3v) is 20.8. The number of para-hydroxylation sites is 2. The number of anilines is 3. The van der Waals surface area contributed by atoms with Gasteiger partial charge in [-0.05, 0) is 47.9 Å². The van der Waals surface area contributed by atoms with Crippen LogP contribution in [0.5, 0.6) is 5.75 Å². The van der Waals surface area contributed by atoms with Gasteiger partial charge in [0, 0.05) is 18.7 Å². The van der Waals surface area contributed by atoms with Gasteiger partial charge in [-0.2, -0.15) is 0 Å². The Kier molecular flexibility index (Phi) is 13.3. The van der Waals surface area contributed by atoms with E-state index in [0.717, 1.165) is 110 Å². The van der Waals surface area contributed by atoms with Crippen molar-refractivity contribution in [1.82, 2.24) is 28.2 Å². The monoisotopic (exact) mass is 1120 g/mol. The summed E-state index contributed by atoms with van der Waals surface area (Å²) < 4.78 is 13.3. The number of aromatic nitrogens is 4. The second-order valence-corrected chi connectivity index (χ2v) is 25.1. The number of carboxylic acid groups (broad SMARTS) is 1. The fraction of sp³-hybridized carbons (Fsp3) is 0.386. The van der Waals surface area contributed by atoms with E-state index in [1.807, 2.05) is 85.4 Å². The number of amides is 3. The van der Waals surface area contributed by atoms with Crippen LogP contribution in [0.4, 0.5) is 16.6 Å². The maximum absolute atomic E-state index is 13.7. The zero-order valence-electron chi connectivity index (χ0n) is 41.6. The molecule has 3 atom stereocenters. The summed E-state index contributed by atoms with van der Waals surface area (Å²) in [4.78, 5) is 65.1. The van der Waals surface area contributed by atoms with Crippen molar-refractivity contribution in [1.29, 1.82) is 0 Å². The zero-order chi connectivity index (χ0) is 50.6. The molecule has 5 aliphatic rings. The molecule has 3 N–H and O–H groups in total. The van der Waals surface area contributed by atoms with Gasteiger partial charge in [0.25, 0.3) is 5.91 Å². The van der Waals surface area contributed by atoms with Crippen molar-refractivity contribution in [3.05, 3.63) is 125 Å². The number of rotatable bonds is 13. The van der Waals surface area contributed by atoms with Crippen LogP contribution in [0.25, 0.3) is 32.2 Å². The van der Waals surface area contributed by atoms with E-state index in [0.29, 0.717) is 54.4 Å². The number of imide groups is 1. The molecular weight excluding hydrogens is 1070 g/mol. The minimum atomic E-state index is -1.10. The van der Waals surface area contributed by atoms with Gasteiger partial charge >= 0.3 is 272 Å². The van der Waals surface area contributed by atoms with Gasteiger partial charge in [0.15, 0.2) is 10.8 Å². The predicted molar refractivity (Wildman–Crippen MR) is 283 cm³/mol. The molecule has 2 aliphatic carbocycles. The first kappa shape index (κ1) is 48.5. The van der Waals surface area contributed by atoms with Crippen molar-refractivity contribution in [2.24, 2.45) is 18.9 Å². The molecule has 2 unspecified atom stereocenters. The number of thiazole rings is 1. The average molecular weight is 1130 g/mol. The molecule has 0 spiro atoms. The molecule has 0 radical (unpaired) electrons. The van der Waals surface area contributed by atoms with Crippen LogP contribution in [0.3, 0.4) is 0 Å². The number of carbonyl (C=O) groups excluding carboxylic acids is 3. The number of halogens is 1. The van der Waals surface area contributed by atoms with Gasteiger partial charge in [0.05, 0.1) is 10.2 Å². The van der Waals surface area contributed by atoms with E-state index >= 15 is 0 Å². The van der Waals surface area contributed by atoms with E-state index in [4.69, 9.17) is 14.8 Å². The van der Waals surface area contributed by atoms with Crippen LogP contribution in [-0.2, 0) is 29.6 Å². The number of nitrogens with zero attached hydrogens (tertiary/aromatic N) is 7. The Hall–Kier alpha value is -6.44. The second-order valence-electron chi connectivity index (χ2n) is 20.5. The summed E-state index contributed by atoms with van der Waals surface area (Å²) in [5.41, 5.74) is 8.62. The molecule has 17 heteroatoms. The number of carboxylic acids is 1. The molecule has 4 aromatic carbocycles. The fourth-order valence-corrected chi connectivity index (χ4v) is 16.3. The summed E-state index contributed by atoms with van der Waals surface area (Å²) in [6.45, 7) is 7.14. The third kappa shape index (κ3) is 9.73. The van der Waals surface area contributed by atoms with Crippen LogP contribution >= 0.6 is 11.3 Å². The molecule has 4 fully saturated rings. The number of aryl methyl sites for hydroxylation is 1. The number of hydrogen-bond donors (Lipinski definition) is 3. The normalized spacial score (nSPS) is 22.2. The van der Waals surface area contributed by atoms with E-state index < -0.39 is 11.9 Å². The average Bonchev–Trinajstić information content (AvgIpc) is 3.84. The van der Waals surface area contributed by atoms with Crippen LogP contribution in [0.1, 0.15) is 101 Å². The molecular formula is C57H59IN9O6S-. The number of piperazine rings is 1. The number of pyridine rings is 1. The van der Waals surface area contributed by atoms with Crippen molar-refractivity contribution in [3.63, 3.8) is 0 Å². The van der Waals surface area contributed by atoms with Gasteiger partial charge in [-0.15, -0.1) is 0 Å². The summed E-state index contributed by atoms with van der Waals surface area (Å²) in [6.07, 6.45) is 8.68. The Morgan fingerprint density at radius 1 is 0.851 bits per heavy atom. The van der Waals surface area contributed by atoms with Gasteiger partial charge in [-0.3, -0.25) is 14.9 Å². The number of alkyl halides is 1. The van der Waals surface area contributed by atoms with E-state index in [2.05, 4.69) is 52.8 Å². The Labute approximate surface area is 444 Å². The summed E-state index contributed by atoms with van der Waals surface area (Å²) >= 11 is 1.41. The number of piperidine rings is 1. The molecule has 3 aliphatic heterocycles. The van der Waals surface area contributed by atoms with E-state index in [9.17, 15) is 24.3 Å². The van der Waals surface area contributed by atoms with Crippen molar-refractivity contribution in [2.45, 2.75) is 87.2 Å². The van der Waals surface area contributed by atoms with Gasteiger partial charge in [-0.25, -0.2) is 14.8 Å². The maximum atomic E-state index is 13.7. The first-order valence-electron chi connectivity index (χ1n) is 26.0. The topological polar surface area (TPSA) is 175 Å². The second kappa shape index (κ2) is 20.4. The molecule has 74 heavy (non-hydrogen) atoms. The zero-order valence-corrected chi connectivity index (χ0v) is 44.5. The quantitative estimate of drug-likeness (QED) is 0.0523. The summed E-state index contributed by atoms with van der Waals surface area (Å²) in [6, 6.07) is 29.6. The molecule has 2 saturated heterocycles. The minimum Gasteiger partial charge on any atom is -0.476 e. The molecule has 0 bridgehead atoms. The number of carbonyl (C=O) groups is 4. The molecule has 15 nitrogen and oxygen atoms in total. The number of fused-ring (bicyclic) bond motifs is 3. The van der Waals surface area contributed by atoms with E-state index in [1.165, 1.54) is 42.7 Å². The van der Waals surface area contributed by atoms with Crippen LogP contribution in [0.15, 0.2) is 91.0 Å². The number of ether oxygens (including phenoxy) is 1. The molecule has 7 aromatic rings. The van der Waals surface area contributed by atoms with Gasteiger partial charge in [-0.1, -0.05) is 35.6 Å². The van der Waals surface area contributed by atoms with Crippen molar-refractivity contribution < 1.29 is 50.5 Å². The van der Waals surface area contributed by atoms with Crippen molar-refractivity contribution in [2.75, 3.05) is 47.8 Å².